The zero-order chi connectivity index (χ0) is 29.3. The average molecular weight is 584 g/mol. The number of hydrogen-bond donors (Lipinski definition) is 1. The Balaban J connectivity index is 2.08. The molecule has 2 amide bonds. The Kier molecular flexibility index (Phi) is 11.2. The fourth-order valence-electron chi connectivity index (χ4n) is 4.55. The summed E-state index contributed by atoms with van der Waals surface area (Å²) in [6.45, 7) is 5.99. The van der Waals surface area contributed by atoms with Crippen LogP contribution in [0.25, 0.3) is 0 Å². The lowest BCUT2D eigenvalue weighted by Gasteiger charge is -2.34. The summed E-state index contributed by atoms with van der Waals surface area (Å²) in [6, 6.07) is 22.9. The molecule has 3 aromatic carbocycles. The highest BCUT2D eigenvalue weighted by molar-refractivity contribution is 7.92. The number of carbonyl (C=O) groups excluding carboxylic acids is 2. The van der Waals surface area contributed by atoms with Gasteiger partial charge in [-0.05, 0) is 47.2 Å². The third kappa shape index (κ3) is 8.57. The molecule has 1 atom stereocenters. The van der Waals surface area contributed by atoms with Gasteiger partial charge in [0.05, 0.1) is 11.9 Å². The maximum absolute atomic E-state index is 14.2. The van der Waals surface area contributed by atoms with E-state index in [1.165, 1.54) is 4.90 Å². The second kappa shape index (κ2) is 14.3. The Morgan fingerprint density at radius 2 is 1.57 bits per heavy atom. The van der Waals surface area contributed by atoms with Crippen molar-refractivity contribution in [1.82, 2.24) is 10.2 Å². The molecule has 0 aromatic heterocycles. The Morgan fingerprint density at radius 3 is 2.20 bits per heavy atom. The number of sulfonamides is 1. The van der Waals surface area contributed by atoms with Crippen molar-refractivity contribution in [3.63, 3.8) is 0 Å². The van der Waals surface area contributed by atoms with Crippen LogP contribution in [-0.2, 0) is 32.6 Å². The number of hydrogen-bond acceptors (Lipinski definition) is 4. The van der Waals surface area contributed by atoms with Gasteiger partial charge in [-0.15, -0.1) is 0 Å². The summed E-state index contributed by atoms with van der Waals surface area (Å²) in [7, 11) is -3.84. The first-order chi connectivity index (χ1) is 19.0. The van der Waals surface area contributed by atoms with Crippen LogP contribution in [0, 0.1) is 0 Å². The van der Waals surface area contributed by atoms with Gasteiger partial charge in [0.15, 0.2) is 0 Å². The number of amides is 2. The van der Waals surface area contributed by atoms with Crippen molar-refractivity contribution in [1.29, 1.82) is 0 Å². The molecule has 3 rings (SSSR count). The minimum atomic E-state index is -3.84. The van der Waals surface area contributed by atoms with Gasteiger partial charge in [0, 0.05) is 24.5 Å². The number of para-hydroxylation sites is 1. The SMILES string of the molecule is CCCNC(=O)[C@@H](Cc1ccccc1)N(Cc1cccc(Cl)c1)C(=O)CN(c1ccccc1C(C)C)S(C)(=O)=O. The fourth-order valence-corrected chi connectivity index (χ4v) is 5.63. The average Bonchev–Trinajstić information content (AvgIpc) is 2.92. The number of benzene rings is 3. The van der Waals surface area contributed by atoms with E-state index in [1.54, 1.807) is 30.3 Å². The Morgan fingerprint density at radius 1 is 0.925 bits per heavy atom. The van der Waals surface area contributed by atoms with Gasteiger partial charge in [-0.3, -0.25) is 13.9 Å². The summed E-state index contributed by atoms with van der Waals surface area (Å²) in [5.74, 6) is -0.755. The summed E-state index contributed by atoms with van der Waals surface area (Å²) in [6.07, 6.45) is 2.10. The summed E-state index contributed by atoms with van der Waals surface area (Å²) < 4.78 is 27.3. The Hall–Kier alpha value is -3.36. The first-order valence-corrected chi connectivity index (χ1v) is 15.7. The van der Waals surface area contributed by atoms with Crippen LogP contribution in [0.15, 0.2) is 78.9 Å². The molecule has 0 saturated heterocycles. The van der Waals surface area contributed by atoms with Crippen molar-refractivity contribution < 1.29 is 18.0 Å². The van der Waals surface area contributed by atoms with E-state index in [2.05, 4.69) is 5.32 Å². The highest BCUT2D eigenvalue weighted by atomic mass is 35.5. The standard InChI is InChI=1S/C31H38ClN3O4S/c1-5-18-33-31(37)29(20-24-12-7-6-8-13-24)34(21-25-14-11-15-26(32)19-25)30(36)22-35(40(4,38)39)28-17-10-9-16-27(28)23(2)3/h6-17,19,23,29H,5,18,20-22H2,1-4H3,(H,33,37)/t29-/m1/s1. The summed E-state index contributed by atoms with van der Waals surface area (Å²) in [4.78, 5) is 29.2. The molecule has 0 heterocycles. The number of rotatable bonds is 13. The van der Waals surface area contributed by atoms with Crippen LogP contribution in [0.5, 0.6) is 0 Å². The van der Waals surface area contributed by atoms with Crippen LogP contribution in [0.4, 0.5) is 5.69 Å². The molecule has 0 fully saturated rings. The van der Waals surface area contributed by atoms with Gasteiger partial charge >= 0.3 is 0 Å². The second-order valence-electron chi connectivity index (χ2n) is 10.1. The fraction of sp³-hybridized carbons (Fsp3) is 0.355. The van der Waals surface area contributed by atoms with Crippen molar-refractivity contribution in [3.05, 3.63) is 101 Å². The van der Waals surface area contributed by atoms with E-state index in [9.17, 15) is 18.0 Å². The molecule has 0 aliphatic rings. The highest BCUT2D eigenvalue weighted by Gasteiger charge is 2.33. The van der Waals surface area contributed by atoms with Crippen LogP contribution in [0.2, 0.25) is 5.02 Å². The number of carbonyl (C=O) groups is 2. The van der Waals surface area contributed by atoms with Crippen molar-refractivity contribution >= 4 is 39.1 Å². The molecule has 214 valence electrons. The number of halogens is 1. The van der Waals surface area contributed by atoms with Crippen molar-refractivity contribution in [2.45, 2.75) is 52.1 Å². The minimum absolute atomic E-state index is 0.0313. The van der Waals surface area contributed by atoms with Crippen LogP contribution in [0.3, 0.4) is 0 Å². The zero-order valence-corrected chi connectivity index (χ0v) is 25.1. The van der Waals surface area contributed by atoms with E-state index in [4.69, 9.17) is 11.6 Å². The number of nitrogens with one attached hydrogen (secondary N) is 1. The van der Waals surface area contributed by atoms with Gasteiger partial charge in [-0.2, -0.15) is 0 Å². The van der Waals surface area contributed by atoms with Crippen LogP contribution in [0.1, 0.15) is 49.8 Å². The smallest absolute Gasteiger partial charge is 0.244 e. The van der Waals surface area contributed by atoms with Gasteiger partial charge in [-0.25, -0.2) is 8.42 Å². The molecule has 0 bridgehead atoms. The van der Waals surface area contributed by atoms with Gasteiger partial charge in [-0.1, -0.05) is 93.0 Å². The molecule has 7 nitrogen and oxygen atoms in total. The maximum Gasteiger partial charge on any atom is 0.244 e. The highest BCUT2D eigenvalue weighted by Crippen LogP contribution is 2.29. The van der Waals surface area contributed by atoms with Crippen molar-refractivity contribution in [3.8, 4) is 0 Å². The lowest BCUT2D eigenvalue weighted by molar-refractivity contribution is -0.140. The minimum Gasteiger partial charge on any atom is -0.354 e. The van der Waals surface area contributed by atoms with Crippen LogP contribution < -0.4 is 9.62 Å². The van der Waals surface area contributed by atoms with Crippen LogP contribution >= 0.6 is 11.6 Å². The summed E-state index contributed by atoms with van der Waals surface area (Å²) >= 11 is 6.25. The van der Waals surface area contributed by atoms with E-state index in [0.717, 1.165) is 33.7 Å². The summed E-state index contributed by atoms with van der Waals surface area (Å²) in [5.41, 5.74) is 2.87. The lowest BCUT2D eigenvalue weighted by Crippen LogP contribution is -2.53. The van der Waals surface area contributed by atoms with Gasteiger partial charge in [0.1, 0.15) is 12.6 Å². The molecule has 0 unspecified atom stereocenters. The summed E-state index contributed by atoms with van der Waals surface area (Å²) in [5, 5.41) is 3.44. The molecule has 40 heavy (non-hydrogen) atoms. The number of anilines is 1. The van der Waals surface area contributed by atoms with Gasteiger partial charge < -0.3 is 10.2 Å². The van der Waals surface area contributed by atoms with E-state index in [0.29, 0.717) is 17.3 Å². The quantitative estimate of drug-likeness (QED) is 0.292. The molecule has 0 aliphatic heterocycles. The molecular weight excluding hydrogens is 546 g/mol. The molecule has 0 spiro atoms. The van der Waals surface area contributed by atoms with E-state index in [-0.39, 0.29) is 24.8 Å². The predicted molar refractivity (Wildman–Crippen MR) is 162 cm³/mol. The zero-order valence-electron chi connectivity index (χ0n) is 23.5. The van der Waals surface area contributed by atoms with Gasteiger partial charge in [0.2, 0.25) is 21.8 Å². The first-order valence-electron chi connectivity index (χ1n) is 13.4. The maximum atomic E-state index is 14.2. The predicted octanol–water partition coefficient (Wildman–Crippen LogP) is 5.40. The van der Waals surface area contributed by atoms with Gasteiger partial charge in [0.25, 0.3) is 0 Å². The third-order valence-electron chi connectivity index (χ3n) is 6.57. The normalized spacial score (nSPS) is 12.2. The molecule has 1 N–H and O–H groups in total. The monoisotopic (exact) mass is 583 g/mol. The molecule has 0 radical (unpaired) electrons. The second-order valence-corrected chi connectivity index (χ2v) is 12.5. The Bertz CT molecular complexity index is 1400. The molecule has 3 aromatic rings. The lowest BCUT2D eigenvalue weighted by atomic mass is 10.0. The topological polar surface area (TPSA) is 86.8 Å². The third-order valence-corrected chi connectivity index (χ3v) is 7.93. The van der Waals surface area contributed by atoms with E-state index in [1.807, 2.05) is 69.3 Å². The molecule has 9 heteroatoms. The largest absolute Gasteiger partial charge is 0.354 e. The van der Waals surface area contributed by atoms with Crippen molar-refractivity contribution in [2.75, 3.05) is 23.7 Å². The Labute approximate surface area is 243 Å². The first kappa shape index (κ1) is 31.2. The number of nitrogens with zero attached hydrogens (tertiary/aromatic N) is 2. The van der Waals surface area contributed by atoms with E-state index >= 15 is 0 Å². The van der Waals surface area contributed by atoms with Crippen molar-refractivity contribution in [2.24, 2.45) is 0 Å². The molecule has 0 saturated carbocycles. The van der Waals surface area contributed by atoms with E-state index < -0.39 is 28.5 Å². The van der Waals surface area contributed by atoms with Crippen LogP contribution in [-0.4, -0.2) is 50.5 Å². The molecular formula is C31H38ClN3O4S. The molecule has 0 aliphatic carbocycles.